The van der Waals surface area contributed by atoms with Crippen LogP contribution in [0.25, 0.3) is 0 Å². The highest BCUT2D eigenvalue weighted by Crippen LogP contribution is 2.42. The maximum atomic E-state index is 10.7. The van der Waals surface area contributed by atoms with E-state index < -0.39 is 5.54 Å². The maximum absolute atomic E-state index is 10.7. The Balaban J connectivity index is 2.60. The number of carbonyl (C=O) groups excluding carboxylic acids is 1. The molecular formula is C15H16N2O. The Bertz CT molecular complexity index is 557. The van der Waals surface area contributed by atoms with E-state index in [1.54, 1.807) is 6.08 Å². The van der Waals surface area contributed by atoms with Crippen LogP contribution in [-0.2, 0) is 10.3 Å². The number of isocyanates is 1. The van der Waals surface area contributed by atoms with Gasteiger partial charge in [-0.25, -0.2) is 4.79 Å². The van der Waals surface area contributed by atoms with Gasteiger partial charge in [-0.1, -0.05) is 18.9 Å². The summed E-state index contributed by atoms with van der Waals surface area (Å²) in [6.45, 7) is 3.94. The number of aryl methyl sites for hydroxylation is 1. The molecule has 0 bridgehead atoms. The molecule has 0 unspecified atom stereocenters. The molecule has 1 aliphatic rings. The Morgan fingerprint density at radius 1 is 1.28 bits per heavy atom. The second kappa shape index (κ2) is 4.76. The van der Waals surface area contributed by atoms with Crippen LogP contribution in [0.5, 0.6) is 0 Å². The molecule has 0 atom stereocenters. The van der Waals surface area contributed by atoms with E-state index >= 15 is 0 Å². The van der Waals surface area contributed by atoms with Gasteiger partial charge in [0.1, 0.15) is 0 Å². The highest BCUT2D eigenvalue weighted by atomic mass is 16.1. The smallest absolute Gasteiger partial charge is 0.211 e. The van der Waals surface area contributed by atoms with E-state index in [0.29, 0.717) is 5.56 Å². The quantitative estimate of drug-likeness (QED) is 0.588. The molecule has 1 fully saturated rings. The number of nitriles is 1. The topological polar surface area (TPSA) is 53.2 Å². The Morgan fingerprint density at radius 3 is 2.50 bits per heavy atom. The van der Waals surface area contributed by atoms with Crippen LogP contribution in [0.2, 0.25) is 0 Å². The van der Waals surface area contributed by atoms with Crippen molar-refractivity contribution in [1.29, 1.82) is 5.26 Å². The fourth-order valence-electron chi connectivity index (χ4n) is 2.76. The average molecular weight is 240 g/mol. The van der Waals surface area contributed by atoms with Crippen molar-refractivity contribution in [2.75, 3.05) is 0 Å². The first-order chi connectivity index (χ1) is 8.63. The maximum Gasteiger partial charge on any atom is 0.235 e. The minimum absolute atomic E-state index is 0.439. The zero-order valence-electron chi connectivity index (χ0n) is 10.8. The van der Waals surface area contributed by atoms with Crippen LogP contribution in [0.15, 0.2) is 17.1 Å². The predicted molar refractivity (Wildman–Crippen MR) is 68.9 cm³/mol. The molecule has 0 saturated heterocycles. The third-order valence-electron chi connectivity index (χ3n) is 4.02. The van der Waals surface area contributed by atoms with Crippen molar-refractivity contribution in [3.05, 3.63) is 34.4 Å². The zero-order chi connectivity index (χ0) is 13.2. The van der Waals surface area contributed by atoms with Gasteiger partial charge in [0, 0.05) is 0 Å². The van der Waals surface area contributed by atoms with Gasteiger partial charge in [0.15, 0.2) is 0 Å². The summed E-state index contributed by atoms with van der Waals surface area (Å²) in [4.78, 5) is 14.7. The van der Waals surface area contributed by atoms with E-state index in [4.69, 9.17) is 5.26 Å². The lowest BCUT2D eigenvalue weighted by atomic mass is 9.85. The fourth-order valence-corrected chi connectivity index (χ4v) is 2.76. The van der Waals surface area contributed by atoms with Gasteiger partial charge in [0.25, 0.3) is 0 Å². The van der Waals surface area contributed by atoms with Crippen molar-refractivity contribution >= 4 is 6.08 Å². The summed E-state index contributed by atoms with van der Waals surface area (Å²) < 4.78 is 0. The van der Waals surface area contributed by atoms with Crippen molar-refractivity contribution < 1.29 is 4.79 Å². The summed E-state index contributed by atoms with van der Waals surface area (Å²) in [7, 11) is 0. The number of nitrogens with zero attached hydrogens (tertiary/aromatic N) is 2. The van der Waals surface area contributed by atoms with Gasteiger partial charge in [-0.3, -0.25) is 0 Å². The van der Waals surface area contributed by atoms with Crippen molar-refractivity contribution in [3.8, 4) is 6.07 Å². The van der Waals surface area contributed by atoms with Crippen molar-refractivity contribution in [2.24, 2.45) is 4.99 Å². The fraction of sp³-hybridized carbons (Fsp3) is 0.467. The predicted octanol–water partition coefficient (Wildman–Crippen LogP) is 3.28. The minimum Gasteiger partial charge on any atom is -0.211 e. The molecule has 0 spiro atoms. The summed E-state index contributed by atoms with van der Waals surface area (Å²) in [5.41, 5.74) is 3.31. The summed E-state index contributed by atoms with van der Waals surface area (Å²) in [5.74, 6) is 0. The molecule has 1 aromatic carbocycles. The number of rotatable bonds is 2. The van der Waals surface area contributed by atoms with Crippen LogP contribution in [0.1, 0.15) is 47.9 Å². The third-order valence-corrected chi connectivity index (χ3v) is 4.02. The highest BCUT2D eigenvalue weighted by molar-refractivity contribution is 5.48. The van der Waals surface area contributed by atoms with Crippen LogP contribution >= 0.6 is 0 Å². The summed E-state index contributed by atoms with van der Waals surface area (Å²) in [5, 5.41) is 9.17. The second-order valence-corrected chi connectivity index (χ2v) is 5.02. The van der Waals surface area contributed by atoms with Crippen LogP contribution in [0.4, 0.5) is 0 Å². The van der Waals surface area contributed by atoms with E-state index in [1.807, 2.05) is 19.9 Å². The number of benzene rings is 1. The third kappa shape index (κ3) is 1.96. The van der Waals surface area contributed by atoms with Crippen LogP contribution < -0.4 is 0 Å². The van der Waals surface area contributed by atoms with Gasteiger partial charge >= 0.3 is 0 Å². The molecule has 0 radical (unpaired) electrons. The van der Waals surface area contributed by atoms with E-state index in [2.05, 4.69) is 17.1 Å². The molecule has 0 N–H and O–H groups in total. The SMILES string of the molecule is Cc1cc(C2(N=C=O)CCCC2)cc(C#N)c1C. The average Bonchev–Trinajstić information content (AvgIpc) is 2.82. The molecule has 3 heteroatoms. The first-order valence-electron chi connectivity index (χ1n) is 6.24. The number of hydrogen-bond donors (Lipinski definition) is 0. The molecule has 0 amide bonds. The molecule has 0 heterocycles. The van der Waals surface area contributed by atoms with Gasteiger partial charge in [-0.15, -0.1) is 0 Å². The molecule has 0 aromatic heterocycles. The molecule has 0 aliphatic heterocycles. The molecule has 1 saturated carbocycles. The van der Waals surface area contributed by atoms with Gasteiger partial charge in [0.2, 0.25) is 6.08 Å². The number of aliphatic imine (C=N–C) groups is 1. The number of hydrogen-bond acceptors (Lipinski definition) is 3. The van der Waals surface area contributed by atoms with E-state index in [1.165, 1.54) is 0 Å². The monoisotopic (exact) mass is 240 g/mol. The normalized spacial score (nSPS) is 16.9. The van der Waals surface area contributed by atoms with Gasteiger partial charge in [-0.2, -0.15) is 10.3 Å². The molecule has 92 valence electrons. The van der Waals surface area contributed by atoms with Gasteiger partial charge in [0.05, 0.1) is 17.2 Å². The van der Waals surface area contributed by atoms with Crippen molar-refractivity contribution in [3.63, 3.8) is 0 Å². The van der Waals surface area contributed by atoms with Crippen molar-refractivity contribution in [1.82, 2.24) is 0 Å². The molecule has 2 rings (SSSR count). The molecule has 1 aromatic rings. The lowest BCUT2D eigenvalue weighted by Crippen LogP contribution is -2.19. The first-order valence-corrected chi connectivity index (χ1v) is 6.24. The zero-order valence-corrected chi connectivity index (χ0v) is 10.8. The van der Waals surface area contributed by atoms with E-state index in [9.17, 15) is 4.79 Å². The lowest BCUT2D eigenvalue weighted by Gasteiger charge is -2.24. The second-order valence-electron chi connectivity index (χ2n) is 5.02. The standard InChI is InChI=1S/C15H16N2O/c1-11-7-14(8-13(9-16)12(11)2)15(17-10-18)5-3-4-6-15/h7-8H,3-6H2,1-2H3. The Labute approximate surface area is 107 Å². The summed E-state index contributed by atoms with van der Waals surface area (Å²) in [6.07, 6.45) is 5.59. The summed E-state index contributed by atoms with van der Waals surface area (Å²) in [6, 6.07) is 6.16. The Morgan fingerprint density at radius 2 is 1.94 bits per heavy atom. The minimum atomic E-state index is -0.439. The van der Waals surface area contributed by atoms with Gasteiger partial charge < -0.3 is 0 Å². The van der Waals surface area contributed by atoms with Crippen LogP contribution in [0.3, 0.4) is 0 Å². The van der Waals surface area contributed by atoms with Crippen LogP contribution in [-0.4, -0.2) is 6.08 Å². The molecule has 3 nitrogen and oxygen atoms in total. The Hall–Kier alpha value is -1.91. The highest BCUT2D eigenvalue weighted by Gasteiger charge is 2.36. The summed E-state index contributed by atoms with van der Waals surface area (Å²) >= 11 is 0. The molecular weight excluding hydrogens is 224 g/mol. The van der Waals surface area contributed by atoms with Crippen LogP contribution in [0, 0.1) is 25.2 Å². The van der Waals surface area contributed by atoms with Gasteiger partial charge in [-0.05, 0) is 49.4 Å². The lowest BCUT2D eigenvalue weighted by molar-refractivity contribution is 0.455. The van der Waals surface area contributed by atoms with E-state index in [-0.39, 0.29) is 0 Å². The molecule has 18 heavy (non-hydrogen) atoms. The largest absolute Gasteiger partial charge is 0.235 e. The van der Waals surface area contributed by atoms with E-state index in [0.717, 1.165) is 42.4 Å². The molecule has 1 aliphatic carbocycles. The Kier molecular flexibility index (Phi) is 3.32. The van der Waals surface area contributed by atoms with Crippen molar-refractivity contribution in [2.45, 2.75) is 45.1 Å². The first kappa shape index (κ1) is 12.5.